The summed E-state index contributed by atoms with van der Waals surface area (Å²) in [7, 11) is 1.00. The quantitative estimate of drug-likeness (QED) is 0.571. The Morgan fingerprint density at radius 2 is 1.55 bits per heavy atom. The van der Waals surface area contributed by atoms with Gasteiger partial charge in [0.15, 0.2) is 0 Å². The second-order valence-corrected chi connectivity index (χ2v) is 4.38. The van der Waals surface area contributed by atoms with E-state index in [9.17, 15) is 0 Å². The molecule has 0 heterocycles. The lowest BCUT2D eigenvalue weighted by Crippen LogP contribution is -2.47. The molecule has 66 valence electrons. The molecule has 11 heavy (non-hydrogen) atoms. The first kappa shape index (κ1) is 9.05. The van der Waals surface area contributed by atoms with Gasteiger partial charge < -0.3 is 5.11 Å². The average Bonchev–Trinajstić information content (AvgIpc) is 2.09. The zero-order valence-electron chi connectivity index (χ0n) is 7.93. The van der Waals surface area contributed by atoms with Gasteiger partial charge in [-0.25, -0.2) is 0 Å². The van der Waals surface area contributed by atoms with Crippen molar-refractivity contribution in [3.63, 3.8) is 0 Å². The number of rotatable bonds is 0. The molecule has 1 heteroatoms. The molecule has 2 atom stereocenters. The van der Waals surface area contributed by atoms with E-state index in [0.717, 1.165) is 24.4 Å². The van der Waals surface area contributed by atoms with Crippen LogP contribution in [0.3, 0.4) is 0 Å². The third kappa shape index (κ3) is 1.31. The minimum absolute atomic E-state index is 0.734. The second-order valence-electron chi connectivity index (χ2n) is 4.38. The maximum atomic E-state index is 7.00. The lowest BCUT2D eigenvalue weighted by Gasteiger charge is -2.56. The Kier molecular flexibility index (Phi) is 2.58. The Morgan fingerprint density at radius 3 is 1.73 bits per heavy atom. The van der Waals surface area contributed by atoms with Crippen molar-refractivity contribution in [3.05, 3.63) is 0 Å². The van der Waals surface area contributed by atoms with Crippen LogP contribution in [0, 0.1) is 17.3 Å². The van der Waals surface area contributed by atoms with Gasteiger partial charge in [0.1, 0.15) is 0 Å². The van der Waals surface area contributed by atoms with Gasteiger partial charge in [0.05, 0.1) is 0 Å². The predicted octanol–water partition coefficient (Wildman–Crippen LogP) is 2.44. The topological polar surface area (TPSA) is 20.2 Å². The van der Waals surface area contributed by atoms with Gasteiger partial charge in [-0.15, -0.1) is 0 Å². The summed E-state index contributed by atoms with van der Waals surface area (Å²) in [6.45, 7) is 4.90. The van der Waals surface area contributed by atoms with E-state index in [1.165, 1.54) is 19.3 Å². The largest absolute Gasteiger partial charge is 0.400 e. The van der Waals surface area contributed by atoms with E-state index < -0.39 is 0 Å². The first-order valence-corrected chi connectivity index (χ1v) is 4.66. The highest BCUT2D eigenvalue weighted by Gasteiger charge is 2.49. The Bertz CT molecular complexity index is 113. The summed E-state index contributed by atoms with van der Waals surface area (Å²) in [5, 5.41) is 7.00. The molecule has 0 amide bonds. The normalized spacial score (nSPS) is 38.2. The molecule has 0 spiro atoms. The van der Waals surface area contributed by atoms with Gasteiger partial charge in [-0.3, -0.25) is 0 Å². The van der Waals surface area contributed by atoms with Crippen LogP contribution < -0.4 is 0 Å². The van der Waals surface area contributed by atoms with Crippen molar-refractivity contribution in [3.8, 4) is 0 Å². The predicted molar refractivity (Wildman–Crippen MR) is 47.4 cm³/mol. The lowest BCUT2D eigenvalue weighted by molar-refractivity contribution is -0.0646. The molecule has 3 saturated carbocycles. The third-order valence-electron chi connectivity index (χ3n) is 3.78. The smallest absolute Gasteiger partial charge is 0.0319 e. The molecule has 0 aromatic rings. The molecular formula is C10H20O. The van der Waals surface area contributed by atoms with E-state index in [2.05, 4.69) is 13.8 Å². The van der Waals surface area contributed by atoms with Crippen LogP contribution >= 0.6 is 0 Å². The van der Waals surface area contributed by atoms with Crippen LogP contribution in [0.4, 0.5) is 0 Å². The molecule has 0 radical (unpaired) electrons. The van der Waals surface area contributed by atoms with Gasteiger partial charge in [0.2, 0.25) is 0 Å². The van der Waals surface area contributed by atoms with E-state index in [0.29, 0.717) is 0 Å². The van der Waals surface area contributed by atoms with Gasteiger partial charge in [-0.1, -0.05) is 20.3 Å². The minimum atomic E-state index is 0.734. The SMILES string of the molecule is CC1(C)C2CCCC1C2.CO. The highest BCUT2D eigenvalue weighted by molar-refractivity contribution is 4.99. The molecular weight excluding hydrogens is 136 g/mol. The second kappa shape index (κ2) is 3.14. The molecule has 2 bridgehead atoms. The highest BCUT2D eigenvalue weighted by atomic mass is 16.2. The molecule has 2 unspecified atom stereocenters. The molecule has 1 N–H and O–H groups in total. The van der Waals surface area contributed by atoms with Crippen molar-refractivity contribution < 1.29 is 5.11 Å². The summed E-state index contributed by atoms with van der Waals surface area (Å²) in [6.07, 6.45) is 6.10. The van der Waals surface area contributed by atoms with E-state index in [1.807, 2.05) is 0 Å². The molecule has 0 aromatic heterocycles. The zero-order valence-corrected chi connectivity index (χ0v) is 7.93. The van der Waals surface area contributed by atoms with Crippen LogP contribution in [-0.4, -0.2) is 12.2 Å². The number of aliphatic hydroxyl groups is 1. The maximum Gasteiger partial charge on any atom is 0.0319 e. The van der Waals surface area contributed by atoms with Crippen molar-refractivity contribution in [1.82, 2.24) is 0 Å². The van der Waals surface area contributed by atoms with Crippen molar-refractivity contribution in [2.75, 3.05) is 7.11 Å². The summed E-state index contributed by atoms with van der Waals surface area (Å²) in [5.74, 6) is 2.19. The molecule has 3 rings (SSSR count). The van der Waals surface area contributed by atoms with Crippen molar-refractivity contribution >= 4 is 0 Å². The van der Waals surface area contributed by atoms with E-state index in [1.54, 1.807) is 6.42 Å². The van der Waals surface area contributed by atoms with E-state index in [-0.39, 0.29) is 0 Å². The van der Waals surface area contributed by atoms with Gasteiger partial charge in [0, 0.05) is 7.11 Å². The van der Waals surface area contributed by atoms with Crippen molar-refractivity contribution in [2.45, 2.75) is 39.5 Å². The van der Waals surface area contributed by atoms with Gasteiger partial charge in [-0.05, 0) is 36.5 Å². The number of hydrogen-bond donors (Lipinski definition) is 1. The molecule has 0 aliphatic heterocycles. The van der Waals surface area contributed by atoms with Crippen LogP contribution in [0.5, 0.6) is 0 Å². The third-order valence-corrected chi connectivity index (χ3v) is 3.78. The molecule has 3 aliphatic carbocycles. The summed E-state index contributed by atoms with van der Waals surface area (Å²) in [4.78, 5) is 0. The molecule has 3 aliphatic rings. The number of fused-ring (bicyclic) bond motifs is 2. The van der Waals surface area contributed by atoms with Gasteiger partial charge >= 0.3 is 0 Å². The Balaban J connectivity index is 0.000000281. The highest BCUT2D eigenvalue weighted by Crippen LogP contribution is 2.58. The first-order chi connectivity index (χ1) is 5.21. The van der Waals surface area contributed by atoms with Crippen LogP contribution in [0.1, 0.15) is 39.5 Å². The Morgan fingerprint density at radius 1 is 1.09 bits per heavy atom. The van der Waals surface area contributed by atoms with Gasteiger partial charge in [-0.2, -0.15) is 0 Å². The first-order valence-electron chi connectivity index (χ1n) is 4.66. The van der Waals surface area contributed by atoms with Crippen LogP contribution in [0.25, 0.3) is 0 Å². The number of aliphatic hydroxyl groups excluding tert-OH is 1. The molecule has 1 nitrogen and oxygen atoms in total. The van der Waals surface area contributed by atoms with Crippen molar-refractivity contribution in [2.24, 2.45) is 17.3 Å². The minimum Gasteiger partial charge on any atom is -0.400 e. The molecule has 0 aromatic carbocycles. The van der Waals surface area contributed by atoms with E-state index in [4.69, 9.17) is 5.11 Å². The van der Waals surface area contributed by atoms with Crippen LogP contribution in [0.2, 0.25) is 0 Å². The zero-order chi connectivity index (χ0) is 8.48. The summed E-state index contributed by atoms with van der Waals surface area (Å²) < 4.78 is 0. The summed E-state index contributed by atoms with van der Waals surface area (Å²) in [6, 6.07) is 0. The van der Waals surface area contributed by atoms with Crippen molar-refractivity contribution in [1.29, 1.82) is 0 Å². The lowest BCUT2D eigenvalue weighted by atomic mass is 9.49. The summed E-state index contributed by atoms with van der Waals surface area (Å²) >= 11 is 0. The maximum absolute atomic E-state index is 7.00. The average molecular weight is 156 g/mol. The standard InChI is InChI=1S/C9H16.CH4O/c1-9(2)7-4-3-5-8(9)6-7;1-2/h7-8H,3-6H2,1-2H3;2H,1H3. The Labute approximate surface area is 69.8 Å². The number of hydrogen-bond acceptors (Lipinski definition) is 1. The van der Waals surface area contributed by atoms with E-state index >= 15 is 0 Å². The van der Waals surface area contributed by atoms with Gasteiger partial charge in [0.25, 0.3) is 0 Å². The Hall–Kier alpha value is -0.0400. The molecule has 0 saturated heterocycles. The van der Waals surface area contributed by atoms with Crippen LogP contribution in [-0.2, 0) is 0 Å². The fourth-order valence-electron chi connectivity index (χ4n) is 2.71. The fourth-order valence-corrected chi connectivity index (χ4v) is 2.71. The summed E-state index contributed by atoms with van der Waals surface area (Å²) in [5.41, 5.74) is 0.734. The molecule has 3 fully saturated rings. The monoisotopic (exact) mass is 156 g/mol. The van der Waals surface area contributed by atoms with Crippen LogP contribution in [0.15, 0.2) is 0 Å². The fraction of sp³-hybridized carbons (Fsp3) is 1.00.